The summed E-state index contributed by atoms with van der Waals surface area (Å²) < 4.78 is 0. The van der Waals surface area contributed by atoms with Crippen LogP contribution in [0, 0.1) is 13.8 Å². The molecule has 0 unspecified atom stereocenters. The van der Waals surface area contributed by atoms with E-state index in [1.165, 1.54) is 22.4 Å². The van der Waals surface area contributed by atoms with Gasteiger partial charge in [-0.15, -0.1) is 0 Å². The van der Waals surface area contributed by atoms with Gasteiger partial charge in [0.2, 0.25) is 0 Å². The van der Waals surface area contributed by atoms with Crippen molar-refractivity contribution in [2.45, 2.75) is 26.7 Å². The van der Waals surface area contributed by atoms with Gasteiger partial charge >= 0.3 is 0 Å². The molecular weight excluding hydrogens is 194 g/mol. The normalized spacial score (nSPS) is 10.4. The number of rotatable bonds is 3. The third kappa shape index (κ3) is 2.48. The Hall–Kier alpha value is -1.63. The molecule has 1 nitrogen and oxygen atoms in total. The number of hydrogen-bond donors (Lipinski definition) is 0. The zero-order valence-electron chi connectivity index (χ0n) is 9.90. The molecule has 0 aliphatic carbocycles. The van der Waals surface area contributed by atoms with E-state index in [2.05, 4.69) is 49.2 Å². The van der Waals surface area contributed by atoms with Gasteiger partial charge in [0.05, 0.1) is 0 Å². The second kappa shape index (κ2) is 4.93. The molecule has 0 N–H and O–H groups in total. The molecule has 2 rings (SSSR count). The highest BCUT2D eigenvalue weighted by Gasteiger charge is 2.01. The standard InChI is InChI=1S/C15H17N/c1-12-6-3-4-8-14(12)9-10-15-13(2)7-5-11-16-15/h3-8,11H,9-10H2,1-2H3. The van der Waals surface area contributed by atoms with Gasteiger partial charge in [-0.2, -0.15) is 0 Å². The number of pyridine rings is 1. The number of benzene rings is 1. The molecule has 0 fully saturated rings. The molecule has 0 radical (unpaired) electrons. The first kappa shape index (κ1) is 10.9. The van der Waals surface area contributed by atoms with Crippen molar-refractivity contribution in [1.29, 1.82) is 0 Å². The van der Waals surface area contributed by atoms with Crippen molar-refractivity contribution >= 4 is 0 Å². The van der Waals surface area contributed by atoms with Crippen molar-refractivity contribution in [3.63, 3.8) is 0 Å². The molecule has 82 valence electrons. The average molecular weight is 211 g/mol. The first-order valence-electron chi connectivity index (χ1n) is 5.72. The molecule has 0 saturated heterocycles. The van der Waals surface area contributed by atoms with Crippen molar-refractivity contribution in [3.8, 4) is 0 Å². The lowest BCUT2D eigenvalue weighted by Crippen LogP contribution is -1.98. The number of hydrogen-bond acceptors (Lipinski definition) is 1. The zero-order valence-corrected chi connectivity index (χ0v) is 9.90. The summed E-state index contributed by atoms with van der Waals surface area (Å²) in [4.78, 5) is 4.42. The Morgan fingerprint density at radius 1 is 0.875 bits per heavy atom. The minimum atomic E-state index is 1.03. The van der Waals surface area contributed by atoms with Crippen LogP contribution in [0.5, 0.6) is 0 Å². The number of nitrogens with zero attached hydrogens (tertiary/aromatic N) is 1. The molecule has 2 aromatic rings. The number of aryl methyl sites for hydroxylation is 4. The van der Waals surface area contributed by atoms with E-state index in [1.807, 2.05) is 12.3 Å². The Bertz CT molecular complexity index is 429. The van der Waals surface area contributed by atoms with Gasteiger partial charge in [0, 0.05) is 11.9 Å². The number of aromatic nitrogens is 1. The van der Waals surface area contributed by atoms with Crippen LogP contribution >= 0.6 is 0 Å². The third-order valence-electron chi connectivity index (χ3n) is 3.01. The first-order chi connectivity index (χ1) is 7.77. The quantitative estimate of drug-likeness (QED) is 0.757. The van der Waals surface area contributed by atoms with Crippen LogP contribution in [-0.4, -0.2) is 4.98 Å². The zero-order chi connectivity index (χ0) is 11.4. The molecule has 1 aromatic heterocycles. The van der Waals surface area contributed by atoms with Crippen molar-refractivity contribution in [2.75, 3.05) is 0 Å². The van der Waals surface area contributed by atoms with Crippen LogP contribution in [0.3, 0.4) is 0 Å². The van der Waals surface area contributed by atoms with Gasteiger partial charge in [0.15, 0.2) is 0 Å². The van der Waals surface area contributed by atoms with E-state index >= 15 is 0 Å². The Kier molecular flexibility index (Phi) is 3.35. The van der Waals surface area contributed by atoms with Gasteiger partial charge in [-0.1, -0.05) is 30.3 Å². The van der Waals surface area contributed by atoms with E-state index < -0.39 is 0 Å². The molecule has 0 atom stereocenters. The van der Waals surface area contributed by atoms with E-state index in [-0.39, 0.29) is 0 Å². The third-order valence-corrected chi connectivity index (χ3v) is 3.01. The molecule has 16 heavy (non-hydrogen) atoms. The lowest BCUT2D eigenvalue weighted by molar-refractivity contribution is 0.894. The summed E-state index contributed by atoms with van der Waals surface area (Å²) in [5.41, 5.74) is 5.30. The molecule has 1 heterocycles. The molecule has 0 saturated carbocycles. The maximum Gasteiger partial charge on any atom is 0.0436 e. The highest BCUT2D eigenvalue weighted by atomic mass is 14.7. The summed E-state index contributed by atoms with van der Waals surface area (Å²) in [6.07, 6.45) is 3.97. The van der Waals surface area contributed by atoms with Crippen LogP contribution in [0.15, 0.2) is 42.6 Å². The summed E-state index contributed by atoms with van der Waals surface area (Å²) in [5, 5.41) is 0. The molecule has 0 aliphatic heterocycles. The molecule has 0 spiro atoms. The van der Waals surface area contributed by atoms with E-state index in [4.69, 9.17) is 0 Å². The monoisotopic (exact) mass is 211 g/mol. The molecule has 0 aliphatic rings. The Labute approximate surface area is 97.2 Å². The summed E-state index contributed by atoms with van der Waals surface area (Å²) in [7, 11) is 0. The molecule has 0 amide bonds. The second-order valence-electron chi connectivity index (χ2n) is 4.19. The molecular formula is C15H17N. The van der Waals surface area contributed by atoms with Crippen LogP contribution in [0.1, 0.15) is 22.4 Å². The minimum Gasteiger partial charge on any atom is -0.261 e. The van der Waals surface area contributed by atoms with Gasteiger partial charge in [-0.3, -0.25) is 4.98 Å². The van der Waals surface area contributed by atoms with Crippen molar-refractivity contribution < 1.29 is 0 Å². The molecule has 1 aromatic carbocycles. The topological polar surface area (TPSA) is 12.9 Å². The van der Waals surface area contributed by atoms with E-state index in [0.29, 0.717) is 0 Å². The fourth-order valence-electron chi connectivity index (χ4n) is 1.92. The van der Waals surface area contributed by atoms with E-state index in [1.54, 1.807) is 0 Å². The summed E-state index contributed by atoms with van der Waals surface area (Å²) >= 11 is 0. The van der Waals surface area contributed by atoms with E-state index in [9.17, 15) is 0 Å². The summed E-state index contributed by atoms with van der Waals surface area (Å²) in [6, 6.07) is 12.7. The molecule has 0 bridgehead atoms. The van der Waals surface area contributed by atoms with Crippen LogP contribution in [0.2, 0.25) is 0 Å². The van der Waals surface area contributed by atoms with Crippen LogP contribution < -0.4 is 0 Å². The van der Waals surface area contributed by atoms with Crippen molar-refractivity contribution in [1.82, 2.24) is 4.98 Å². The Balaban J connectivity index is 2.09. The van der Waals surface area contributed by atoms with Crippen molar-refractivity contribution in [2.24, 2.45) is 0 Å². The SMILES string of the molecule is Cc1ccccc1CCc1ncccc1C. The largest absolute Gasteiger partial charge is 0.261 e. The van der Waals surface area contributed by atoms with Gasteiger partial charge in [0.25, 0.3) is 0 Å². The summed E-state index contributed by atoms with van der Waals surface area (Å²) in [5.74, 6) is 0. The van der Waals surface area contributed by atoms with Crippen LogP contribution in [0.4, 0.5) is 0 Å². The highest BCUT2D eigenvalue weighted by Crippen LogP contribution is 2.12. The van der Waals surface area contributed by atoms with Gasteiger partial charge in [-0.05, 0) is 49.4 Å². The lowest BCUT2D eigenvalue weighted by atomic mass is 10.0. The summed E-state index contributed by atoms with van der Waals surface area (Å²) in [6.45, 7) is 4.29. The van der Waals surface area contributed by atoms with E-state index in [0.717, 1.165) is 12.8 Å². The fourth-order valence-corrected chi connectivity index (χ4v) is 1.92. The van der Waals surface area contributed by atoms with Gasteiger partial charge in [-0.25, -0.2) is 0 Å². The fraction of sp³-hybridized carbons (Fsp3) is 0.267. The van der Waals surface area contributed by atoms with Crippen LogP contribution in [-0.2, 0) is 12.8 Å². The second-order valence-corrected chi connectivity index (χ2v) is 4.19. The van der Waals surface area contributed by atoms with Crippen molar-refractivity contribution in [3.05, 3.63) is 65.0 Å². The molecule has 1 heteroatoms. The maximum atomic E-state index is 4.42. The van der Waals surface area contributed by atoms with Crippen LogP contribution in [0.25, 0.3) is 0 Å². The van der Waals surface area contributed by atoms with Gasteiger partial charge < -0.3 is 0 Å². The first-order valence-corrected chi connectivity index (χ1v) is 5.72. The lowest BCUT2D eigenvalue weighted by Gasteiger charge is -2.06. The maximum absolute atomic E-state index is 4.42. The van der Waals surface area contributed by atoms with Gasteiger partial charge in [0.1, 0.15) is 0 Å². The minimum absolute atomic E-state index is 1.03. The smallest absolute Gasteiger partial charge is 0.0436 e. The Morgan fingerprint density at radius 2 is 1.62 bits per heavy atom. The predicted molar refractivity (Wildman–Crippen MR) is 67.6 cm³/mol. The highest BCUT2D eigenvalue weighted by molar-refractivity contribution is 5.27. The Morgan fingerprint density at radius 3 is 2.38 bits per heavy atom. The average Bonchev–Trinajstić information content (AvgIpc) is 2.30. The predicted octanol–water partition coefficient (Wildman–Crippen LogP) is 3.48.